The molecular formula is C41H55N5O2. The second-order valence-electron chi connectivity index (χ2n) is 13.5. The maximum Gasteiger partial charge on any atom is 0.318 e. The summed E-state index contributed by atoms with van der Waals surface area (Å²) in [5, 5.41) is 12.6. The van der Waals surface area contributed by atoms with E-state index in [0.29, 0.717) is 11.2 Å². The van der Waals surface area contributed by atoms with Crippen LogP contribution in [0.2, 0.25) is 0 Å². The third kappa shape index (κ3) is 8.91. The van der Waals surface area contributed by atoms with Gasteiger partial charge in [-0.15, -0.1) is 0 Å². The number of aromatic nitrogens is 4. The molecule has 5 heterocycles. The highest BCUT2D eigenvalue weighted by atomic mass is 16.6. The number of H-pyrrole nitrogens is 2. The lowest BCUT2D eigenvalue weighted by Crippen LogP contribution is -1.97. The number of aryl methyl sites for hydroxylation is 2. The molecule has 0 amide bonds. The molecule has 48 heavy (non-hydrogen) atoms. The summed E-state index contributed by atoms with van der Waals surface area (Å²) in [4.78, 5) is 29.7. The predicted molar refractivity (Wildman–Crippen MR) is 203 cm³/mol. The molecule has 5 rings (SSSR count). The smallest absolute Gasteiger partial charge is 0.318 e. The van der Waals surface area contributed by atoms with Crippen molar-refractivity contribution < 1.29 is 4.92 Å². The van der Waals surface area contributed by atoms with Gasteiger partial charge in [-0.2, -0.15) is 0 Å². The van der Waals surface area contributed by atoms with E-state index < -0.39 is 0 Å². The van der Waals surface area contributed by atoms with E-state index in [1.807, 2.05) is 18.2 Å². The Morgan fingerprint density at radius 1 is 0.500 bits per heavy atom. The first-order valence-electron chi connectivity index (χ1n) is 18.8. The van der Waals surface area contributed by atoms with E-state index in [0.717, 1.165) is 96.1 Å². The van der Waals surface area contributed by atoms with Crippen LogP contribution in [0.15, 0.2) is 24.3 Å². The van der Waals surface area contributed by atoms with Gasteiger partial charge in [0.1, 0.15) is 11.2 Å². The molecule has 7 nitrogen and oxygen atoms in total. The molecule has 2 N–H and O–H groups in total. The minimum atomic E-state index is -0.299. The first-order chi connectivity index (χ1) is 23.5. The SMILES string of the molecule is CCCCCCCc1c2nc(c(CCCCCCC)c3ccc([nH]3)c(CCCCCCC)c3ccc([nH]3)c([N+](=O)[O-])c3nc1C=C3)C=C2. The maximum absolute atomic E-state index is 12.6. The summed E-state index contributed by atoms with van der Waals surface area (Å²) in [5.41, 5.74) is 10.2. The number of nitrogens with one attached hydrogen (secondary N) is 2. The first kappa shape index (κ1) is 35.3. The number of aromatic amines is 2. The molecule has 0 fully saturated rings. The van der Waals surface area contributed by atoms with E-state index in [-0.39, 0.29) is 10.6 Å². The van der Waals surface area contributed by atoms with Gasteiger partial charge in [0.05, 0.1) is 22.0 Å². The highest BCUT2D eigenvalue weighted by Crippen LogP contribution is 2.31. The number of rotatable bonds is 19. The molecule has 2 aliphatic heterocycles. The van der Waals surface area contributed by atoms with Gasteiger partial charge in [0.2, 0.25) is 0 Å². The van der Waals surface area contributed by atoms with Gasteiger partial charge in [-0.25, -0.2) is 9.97 Å². The highest BCUT2D eigenvalue weighted by molar-refractivity contribution is 5.86. The average Bonchev–Trinajstić information content (AvgIpc) is 3.91. The van der Waals surface area contributed by atoms with Gasteiger partial charge in [0.15, 0.2) is 0 Å². The third-order valence-corrected chi connectivity index (χ3v) is 9.83. The Morgan fingerprint density at radius 2 is 0.875 bits per heavy atom. The van der Waals surface area contributed by atoms with Crippen LogP contribution in [0.1, 0.15) is 157 Å². The highest BCUT2D eigenvalue weighted by Gasteiger charge is 2.21. The van der Waals surface area contributed by atoms with E-state index in [1.165, 1.54) is 69.8 Å². The summed E-state index contributed by atoms with van der Waals surface area (Å²) >= 11 is 0. The van der Waals surface area contributed by atoms with Crippen molar-refractivity contribution >= 4 is 52.1 Å². The zero-order valence-electron chi connectivity index (χ0n) is 29.5. The average molecular weight is 650 g/mol. The fourth-order valence-electron chi connectivity index (χ4n) is 7.07. The zero-order valence-corrected chi connectivity index (χ0v) is 29.5. The van der Waals surface area contributed by atoms with Crippen LogP contribution < -0.4 is 0 Å². The lowest BCUT2D eigenvalue weighted by atomic mass is 10.0. The Labute approximate surface area is 286 Å². The lowest BCUT2D eigenvalue weighted by molar-refractivity contribution is -0.383. The summed E-state index contributed by atoms with van der Waals surface area (Å²) in [6.45, 7) is 6.73. The minimum absolute atomic E-state index is 0.00575. The van der Waals surface area contributed by atoms with Crippen LogP contribution in [0.25, 0.3) is 46.4 Å². The fourth-order valence-corrected chi connectivity index (χ4v) is 7.07. The summed E-state index contributed by atoms with van der Waals surface area (Å²) in [5.74, 6) is 0. The van der Waals surface area contributed by atoms with Crippen LogP contribution >= 0.6 is 0 Å². The summed E-state index contributed by atoms with van der Waals surface area (Å²) in [7, 11) is 0. The van der Waals surface area contributed by atoms with E-state index in [4.69, 9.17) is 9.97 Å². The number of hydrogen-bond donors (Lipinski definition) is 2. The minimum Gasteiger partial charge on any atom is -0.355 e. The molecular weight excluding hydrogens is 594 g/mol. The van der Waals surface area contributed by atoms with Crippen molar-refractivity contribution in [3.8, 4) is 0 Å². The molecule has 0 saturated carbocycles. The van der Waals surface area contributed by atoms with E-state index in [9.17, 15) is 10.1 Å². The number of nitro groups is 1. The Morgan fingerprint density at radius 3 is 1.40 bits per heavy atom. The first-order valence-corrected chi connectivity index (χ1v) is 18.8. The van der Waals surface area contributed by atoms with Crippen molar-refractivity contribution in [3.05, 3.63) is 73.8 Å². The van der Waals surface area contributed by atoms with Gasteiger partial charge in [0.25, 0.3) is 0 Å². The van der Waals surface area contributed by atoms with Gasteiger partial charge >= 0.3 is 5.69 Å². The van der Waals surface area contributed by atoms with Gasteiger partial charge in [-0.1, -0.05) is 97.8 Å². The predicted octanol–water partition coefficient (Wildman–Crippen LogP) is 12.1. The van der Waals surface area contributed by atoms with E-state index >= 15 is 0 Å². The quantitative estimate of drug-likeness (QED) is 0.0528. The van der Waals surface area contributed by atoms with Crippen LogP contribution in [-0.4, -0.2) is 24.9 Å². The van der Waals surface area contributed by atoms with Crippen molar-refractivity contribution in [2.45, 2.75) is 136 Å². The number of fused-ring (bicyclic) bond motifs is 8. The van der Waals surface area contributed by atoms with Crippen LogP contribution in [0.3, 0.4) is 0 Å². The molecule has 256 valence electrons. The van der Waals surface area contributed by atoms with Crippen LogP contribution in [0.5, 0.6) is 0 Å². The molecule has 0 saturated heterocycles. The third-order valence-electron chi connectivity index (χ3n) is 9.83. The Balaban J connectivity index is 1.72. The fraction of sp³-hybridized carbons (Fsp3) is 0.512. The normalized spacial score (nSPS) is 12.3. The second kappa shape index (κ2) is 18.0. The summed E-state index contributed by atoms with van der Waals surface area (Å²) in [6.07, 6.45) is 28.6. The number of nitrogens with zero attached hydrogens (tertiary/aromatic N) is 3. The standard InChI is InChI=1S/C41H55N5O2/c1-4-7-10-13-16-19-30-33-22-24-35(42-33)31(20-17-14-11-8-5-2)37-26-28-39(44-37)41(46(47)48)40-29-27-38(45-40)32(21-18-15-12-9-6-3)36-25-23-34(30)43-36/h22-29,42,44H,4-21H2,1-3H3. The Hall–Kier alpha value is -4.00. The molecule has 3 aromatic heterocycles. The van der Waals surface area contributed by atoms with Crippen molar-refractivity contribution in [1.29, 1.82) is 0 Å². The van der Waals surface area contributed by atoms with Gasteiger partial charge in [0, 0.05) is 27.7 Å². The van der Waals surface area contributed by atoms with Gasteiger partial charge in [-0.3, -0.25) is 10.1 Å². The van der Waals surface area contributed by atoms with Crippen molar-refractivity contribution in [1.82, 2.24) is 19.9 Å². The molecule has 0 radical (unpaired) electrons. The van der Waals surface area contributed by atoms with Gasteiger partial charge < -0.3 is 9.97 Å². The Kier molecular flexibility index (Phi) is 13.2. The topological polar surface area (TPSA) is 100 Å². The molecule has 0 aliphatic carbocycles. The second-order valence-corrected chi connectivity index (χ2v) is 13.5. The van der Waals surface area contributed by atoms with Crippen LogP contribution in [-0.2, 0) is 19.3 Å². The van der Waals surface area contributed by atoms with Crippen molar-refractivity contribution in [2.75, 3.05) is 0 Å². The lowest BCUT2D eigenvalue weighted by Gasteiger charge is -2.06. The molecule has 0 spiro atoms. The van der Waals surface area contributed by atoms with Crippen molar-refractivity contribution in [2.24, 2.45) is 0 Å². The number of hydrogen-bond acceptors (Lipinski definition) is 4. The van der Waals surface area contributed by atoms with Crippen LogP contribution in [0, 0.1) is 10.1 Å². The molecule has 8 bridgehead atoms. The molecule has 2 aliphatic rings. The maximum atomic E-state index is 12.6. The molecule has 3 aromatic rings. The molecule has 7 heteroatoms. The summed E-state index contributed by atoms with van der Waals surface area (Å²) < 4.78 is 0. The van der Waals surface area contributed by atoms with E-state index in [2.05, 4.69) is 55.0 Å². The zero-order chi connectivity index (χ0) is 33.7. The number of unbranched alkanes of at least 4 members (excludes halogenated alkanes) is 12. The van der Waals surface area contributed by atoms with Crippen molar-refractivity contribution in [3.63, 3.8) is 0 Å². The van der Waals surface area contributed by atoms with Crippen LogP contribution in [0.4, 0.5) is 5.69 Å². The van der Waals surface area contributed by atoms with Gasteiger partial charge in [-0.05, 0) is 92.7 Å². The largest absolute Gasteiger partial charge is 0.355 e. The summed E-state index contributed by atoms with van der Waals surface area (Å²) in [6, 6.07) is 8.24. The molecule has 0 atom stereocenters. The molecule has 0 aromatic carbocycles. The molecule has 0 unspecified atom stereocenters. The monoisotopic (exact) mass is 649 g/mol. The van der Waals surface area contributed by atoms with E-state index in [1.54, 1.807) is 6.08 Å². The Bertz CT molecular complexity index is 1760.